The van der Waals surface area contributed by atoms with E-state index in [1.165, 1.54) is 50.9 Å². The summed E-state index contributed by atoms with van der Waals surface area (Å²) in [5.41, 5.74) is 3.49. The molecule has 1 atom stereocenters. The number of hydrogen-bond donors (Lipinski definition) is 0. The lowest BCUT2D eigenvalue weighted by atomic mass is 9.93. The van der Waals surface area contributed by atoms with E-state index in [1.807, 2.05) is 37.3 Å². The molecule has 2 aliphatic rings. The summed E-state index contributed by atoms with van der Waals surface area (Å²) in [5.74, 6) is 2.56. The minimum atomic E-state index is 0.387. The predicted molar refractivity (Wildman–Crippen MR) is 109 cm³/mol. The molecule has 1 aliphatic carbocycles. The van der Waals surface area contributed by atoms with Crippen molar-refractivity contribution in [3.8, 4) is 16.9 Å². The molecule has 1 saturated heterocycles. The van der Waals surface area contributed by atoms with Crippen LogP contribution in [0.1, 0.15) is 43.8 Å². The number of nitrogens with zero attached hydrogens (tertiary/aromatic N) is 4. The summed E-state index contributed by atoms with van der Waals surface area (Å²) in [4.78, 5) is 14.3. The molecule has 0 unspecified atom stereocenters. The van der Waals surface area contributed by atoms with Crippen LogP contribution in [0.3, 0.4) is 0 Å². The Bertz CT molecular complexity index is 770. The zero-order valence-electron chi connectivity index (χ0n) is 16.7. The molecule has 5 heteroatoms. The molecule has 144 valence electrons. The molecule has 1 aromatic heterocycles. The molecule has 0 N–H and O–H groups in total. The third kappa shape index (κ3) is 4.08. The molecule has 0 amide bonds. The van der Waals surface area contributed by atoms with Crippen LogP contribution in [0.25, 0.3) is 11.1 Å². The first kappa shape index (κ1) is 18.2. The van der Waals surface area contributed by atoms with Gasteiger partial charge in [0.1, 0.15) is 5.75 Å². The van der Waals surface area contributed by atoms with Crippen LogP contribution < -0.4 is 9.64 Å². The highest BCUT2D eigenvalue weighted by Crippen LogP contribution is 2.39. The minimum Gasteiger partial charge on any atom is -0.497 e. The highest BCUT2D eigenvalue weighted by atomic mass is 16.5. The summed E-state index contributed by atoms with van der Waals surface area (Å²) in [6.45, 7) is 2.40. The van der Waals surface area contributed by atoms with Gasteiger partial charge in [-0.1, -0.05) is 18.6 Å². The van der Waals surface area contributed by atoms with Crippen LogP contribution in [0.4, 0.5) is 5.95 Å². The van der Waals surface area contributed by atoms with Crippen molar-refractivity contribution < 1.29 is 4.74 Å². The third-order valence-electron chi connectivity index (χ3n) is 5.73. The lowest BCUT2D eigenvalue weighted by Gasteiger charge is -2.36. The smallest absolute Gasteiger partial charge is 0.225 e. The Balaban J connectivity index is 1.73. The van der Waals surface area contributed by atoms with Crippen molar-refractivity contribution in [3.63, 3.8) is 0 Å². The number of aromatic nitrogens is 2. The maximum absolute atomic E-state index is 5.32. The number of rotatable bonds is 6. The van der Waals surface area contributed by atoms with Gasteiger partial charge in [-0.3, -0.25) is 4.90 Å². The minimum absolute atomic E-state index is 0.387. The Labute approximate surface area is 162 Å². The van der Waals surface area contributed by atoms with E-state index in [2.05, 4.69) is 22.0 Å². The van der Waals surface area contributed by atoms with Crippen LogP contribution in [0.5, 0.6) is 5.75 Å². The quantitative estimate of drug-likeness (QED) is 0.768. The fourth-order valence-corrected chi connectivity index (χ4v) is 4.00. The van der Waals surface area contributed by atoms with E-state index in [0.717, 1.165) is 28.7 Å². The van der Waals surface area contributed by atoms with Gasteiger partial charge in [0, 0.05) is 32.4 Å². The first-order chi connectivity index (χ1) is 13.2. The van der Waals surface area contributed by atoms with E-state index in [4.69, 9.17) is 9.72 Å². The van der Waals surface area contributed by atoms with Crippen molar-refractivity contribution in [2.45, 2.75) is 38.1 Å². The van der Waals surface area contributed by atoms with Gasteiger partial charge in [-0.15, -0.1) is 0 Å². The standard InChI is InChI=1S/C22H30N4O/c1-25(2)22-23-14-19(17-9-11-18(27-3)12-10-17)21(24-22)20-6-4-5-13-26(20)15-16-7-8-16/h9-12,14,16,20H,4-8,13,15H2,1-3H3/t20-/m0/s1. The van der Waals surface area contributed by atoms with Crippen molar-refractivity contribution in [1.29, 1.82) is 0 Å². The monoisotopic (exact) mass is 366 g/mol. The summed E-state index contributed by atoms with van der Waals surface area (Å²) < 4.78 is 5.32. The second kappa shape index (κ2) is 7.85. The van der Waals surface area contributed by atoms with Gasteiger partial charge in [-0.25, -0.2) is 9.97 Å². The van der Waals surface area contributed by atoms with Gasteiger partial charge < -0.3 is 9.64 Å². The van der Waals surface area contributed by atoms with Crippen LogP contribution in [-0.2, 0) is 0 Å². The van der Waals surface area contributed by atoms with Crippen LogP contribution in [0.2, 0.25) is 0 Å². The van der Waals surface area contributed by atoms with Crippen LogP contribution in [0.15, 0.2) is 30.5 Å². The number of benzene rings is 1. The summed E-state index contributed by atoms with van der Waals surface area (Å²) in [6, 6.07) is 8.65. The molecule has 4 rings (SSSR count). The second-order valence-corrected chi connectivity index (χ2v) is 8.04. The van der Waals surface area contributed by atoms with Crippen molar-refractivity contribution in [2.75, 3.05) is 39.2 Å². The third-order valence-corrected chi connectivity index (χ3v) is 5.73. The van der Waals surface area contributed by atoms with E-state index in [-0.39, 0.29) is 0 Å². The van der Waals surface area contributed by atoms with Gasteiger partial charge in [0.2, 0.25) is 5.95 Å². The zero-order valence-corrected chi connectivity index (χ0v) is 16.7. The van der Waals surface area contributed by atoms with Gasteiger partial charge in [-0.05, 0) is 55.8 Å². The second-order valence-electron chi connectivity index (χ2n) is 8.04. The van der Waals surface area contributed by atoms with E-state index in [9.17, 15) is 0 Å². The number of likely N-dealkylation sites (tertiary alicyclic amines) is 1. The van der Waals surface area contributed by atoms with Crippen LogP contribution in [-0.4, -0.2) is 49.2 Å². The fraction of sp³-hybridized carbons (Fsp3) is 0.545. The Morgan fingerprint density at radius 3 is 2.56 bits per heavy atom. The van der Waals surface area contributed by atoms with Gasteiger partial charge in [0.15, 0.2) is 0 Å². The summed E-state index contributed by atoms with van der Waals surface area (Å²) in [7, 11) is 5.72. The molecule has 1 aromatic carbocycles. The average Bonchev–Trinajstić information content (AvgIpc) is 3.52. The van der Waals surface area contributed by atoms with E-state index >= 15 is 0 Å². The fourth-order valence-electron chi connectivity index (χ4n) is 4.00. The number of methoxy groups -OCH3 is 1. The first-order valence-electron chi connectivity index (χ1n) is 10.1. The Morgan fingerprint density at radius 2 is 1.89 bits per heavy atom. The van der Waals surface area contributed by atoms with Gasteiger partial charge in [-0.2, -0.15) is 0 Å². The van der Waals surface area contributed by atoms with Gasteiger partial charge in [0.25, 0.3) is 0 Å². The van der Waals surface area contributed by atoms with Crippen LogP contribution in [0, 0.1) is 5.92 Å². The highest BCUT2D eigenvalue weighted by Gasteiger charge is 2.32. The molecule has 2 fully saturated rings. The molecule has 0 radical (unpaired) electrons. The molecule has 5 nitrogen and oxygen atoms in total. The molecule has 1 aliphatic heterocycles. The SMILES string of the molecule is COc1ccc(-c2cnc(N(C)C)nc2[C@@H]2CCCCN2CC2CC2)cc1. The molecule has 2 heterocycles. The van der Waals surface area contributed by atoms with Crippen molar-refractivity contribution >= 4 is 5.95 Å². The number of hydrogen-bond acceptors (Lipinski definition) is 5. The van der Waals surface area contributed by atoms with E-state index in [0.29, 0.717) is 6.04 Å². The maximum atomic E-state index is 5.32. The molecule has 2 aromatic rings. The van der Waals surface area contributed by atoms with E-state index in [1.54, 1.807) is 7.11 Å². The average molecular weight is 367 g/mol. The van der Waals surface area contributed by atoms with Crippen molar-refractivity contribution in [1.82, 2.24) is 14.9 Å². The maximum Gasteiger partial charge on any atom is 0.225 e. The van der Waals surface area contributed by atoms with E-state index < -0.39 is 0 Å². The summed E-state index contributed by atoms with van der Waals surface area (Å²) in [5, 5.41) is 0. The molecular formula is C22H30N4O. The Kier molecular flexibility index (Phi) is 5.30. The van der Waals surface area contributed by atoms with Crippen molar-refractivity contribution in [3.05, 3.63) is 36.2 Å². The highest BCUT2D eigenvalue weighted by molar-refractivity contribution is 5.67. The Hall–Kier alpha value is -2.14. The largest absolute Gasteiger partial charge is 0.497 e. The molecule has 27 heavy (non-hydrogen) atoms. The molecular weight excluding hydrogens is 336 g/mol. The predicted octanol–water partition coefficient (Wildman–Crippen LogP) is 4.16. The number of ether oxygens (including phenoxy) is 1. The summed E-state index contributed by atoms with van der Waals surface area (Å²) >= 11 is 0. The number of piperidine rings is 1. The first-order valence-corrected chi connectivity index (χ1v) is 10.1. The lowest BCUT2D eigenvalue weighted by molar-refractivity contribution is 0.139. The summed E-state index contributed by atoms with van der Waals surface area (Å²) in [6.07, 6.45) is 8.54. The van der Waals surface area contributed by atoms with Crippen molar-refractivity contribution in [2.24, 2.45) is 5.92 Å². The Morgan fingerprint density at radius 1 is 1.11 bits per heavy atom. The lowest BCUT2D eigenvalue weighted by Crippen LogP contribution is -2.36. The number of anilines is 1. The van der Waals surface area contributed by atoms with Gasteiger partial charge >= 0.3 is 0 Å². The molecule has 1 saturated carbocycles. The topological polar surface area (TPSA) is 41.5 Å². The normalized spacial score (nSPS) is 20.5. The van der Waals surface area contributed by atoms with Gasteiger partial charge in [0.05, 0.1) is 18.8 Å². The molecule has 0 spiro atoms. The van der Waals surface area contributed by atoms with Crippen LogP contribution >= 0.6 is 0 Å². The molecule has 0 bridgehead atoms. The zero-order chi connectivity index (χ0) is 18.8.